The first-order valence-corrected chi connectivity index (χ1v) is 6.89. The molecule has 0 spiro atoms. The summed E-state index contributed by atoms with van der Waals surface area (Å²) in [6.45, 7) is 2.57. The molecule has 3 aromatic rings. The summed E-state index contributed by atoms with van der Waals surface area (Å²) in [5.41, 5.74) is 8.52. The average molecular weight is 279 g/mol. The number of nitrogens with two attached hydrogens (primary N) is 1. The summed E-state index contributed by atoms with van der Waals surface area (Å²) in [6, 6.07) is 13.7. The Morgan fingerprint density at radius 2 is 2.10 bits per heavy atom. The van der Waals surface area contributed by atoms with Crippen molar-refractivity contribution in [3.63, 3.8) is 0 Å². The first-order chi connectivity index (χ1) is 10.3. The van der Waals surface area contributed by atoms with E-state index in [1.54, 1.807) is 6.20 Å². The number of rotatable bonds is 4. The standard InChI is InChI=1S/C17H17N3O/c1-2-21-15-9-13(18)8-14(10-15)20-17-5-3-4-12-11-19-7-6-16(12)17/h3-11,20H,2,18H2,1H3. The number of fused-ring (bicyclic) bond motifs is 1. The van der Waals surface area contributed by atoms with Crippen LogP contribution in [0, 0.1) is 0 Å². The largest absolute Gasteiger partial charge is 0.494 e. The fraction of sp³-hybridized carbons (Fsp3) is 0.118. The van der Waals surface area contributed by atoms with Gasteiger partial charge in [-0.1, -0.05) is 12.1 Å². The van der Waals surface area contributed by atoms with Crippen LogP contribution in [0.1, 0.15) is 6.92 Å². The lowest BCUT2D eigenvalue weighted by Crippen LogP contribution is -1.97. The Labute approximate surface area is 123 Å². The van der Waals surface area contributed by atoms with Gasteiger partial charge >= 0.3 is 0 Å². The fourth-order valence-electron chi connectivity index (χ4n) is 2.33. The second-order valence-corrected chi connectivity index (χ2v) is 4.75. The molecule has 0 saturated carbocycles. The SMILES string of the molecule is CCOc1cc(N)cc(Nc2cccc3cnccc23)c1. The van der Waals surface area contributed by atoms with Crippen molar-refractivity contribution in [2.45, 2.75) is 6.92 Å². The van der Waals surface area contributed by atoms with E-state index in [1.807, 2.05) is 55.6 Å². The van der Waals surface area contributed by atoms with Crippen LogP contribution in [0.5, 0.6) is 5.75 Å². The Kier molecular flexibility index (Phi) is 3.60. The van der Waals surface area contributed by atoms with E-state index in [0.29, 0.717) is 12.3 Å². The van der Waals surface area contributed by atoms with Gasteiger partial charge in [0.05, 0.1) is 6.61 Å². The minimum absolute atomic E-state index is 0.614. The molecule has 3 N–H and O–H groups in total. The van der Waals surface area contributed by atoms with Crippen molar-refractivity contribution in [3.8, 4) is 5.75 Å². The molecule has 4 heteroatoms. The van der Waals surface area contributed by atoms with E-state index >= 15 is 0 Å². The van der Waals surface area contributed by atoms with Crippen molar-refractivity contribution in [1.82, 2.24) is 4.98 Å². The van der Waals surface area contributed by atoms with E-state index in [-0.39, 0.29) is 0 Å². The molecule has 2 aromatic carbocycles. The molecule has 0 amide bonds. The number of nitrogens with one attached hydrogen (secondary N) is 1. The summed E-state index contributed by atoms with van der Waals surface area (Å²) in [7, 11) is 0. The maximum Gasteiger partial charge on any atom is 0.123 e. The molecule has 21 heavy (non-hydrogen) atoms. The Hall–Kier alpha value is -2.75. The number of nitrogen functional groups attached to an aromatic ring is 1. The Balaban J connectivity index is 1.98. The van der Waals surface area contributed by atoms with Gasteiger partial charge in [-0.25, -0.2) is 0 Å². The Morgan fingerprint density at radius 3 is 2.95 bits per heavy atom. The van der Waals surface area contributed by atoms with Crippen LogP contribution in [0.25, 0.3) is 10.8 Å². The van der Waals surface area contributed by atoms with Gasteiger partial charge in [0.15, 0.2) is 0 Å². The van der Waals surface area contributed by atoms with Crippen LogP contribution < -0.4 is 15.8 Å². The fourth-order valence-corrected chi connectivity index (χ4v) is 2.33. The summed E-state index contributed by atoms with van der Waals surface area (Å²) in [6.07, 6.45) is 3.64. The van der Waals surface area contributed by atoms with Gasteiger partial charge in [0.2, 0.25) is 0 Å². The summed E-state index contributed by atoms with van der Waals surface area (Å²) in [5, 5.41) is 5.61. The highest BCUT2D eigenvalue weighted by Gasteiger charge is 2.04. The Morgan fingerprint density at radius 1 is 1.19 bits per heavy atom. The number of anilines is 3. The third kappa shape index (κ3) is 2.89. The monoisotopic (exact) mass is 279 g/mol. The minimum Gasteiger partial charge on any atom is -0.494 e. The lowest BCUT2D eigenvalue weighted by molar-refractivity contribution is 0.340. The molecular formula is C17H17N3O. The van der Waals surface area contributed by atoms with Crippen LogP contribution in [0.2, 0.25) is 0 Å². The van der Waals surface area contributed by atoms with Crippen LogP contribution in [0.4, 0.5) is 17.1 Å². The molecule has 0 aliphatic rings. The zero-order chi connectivity index (χ0) is 14.7. The van der Waals surface area contributed by atoms with Gasteiger partial charge in [-0.3, -0.25) is 4.98 Å². The normalized spacial score (nSPS) is 10.5. The van der Waals surface area contributed by atoms with Gasteiger partial charge in [0.25, 0.3) is 0 Å². The molecule has 1 heterocycles. The highest BCUT2D eigenvalue weighted by molar-refractivity contribution is 5.94. The molecule has 0 aliphatic carbocycles. The maximum atomic E-state index is 5.93. The molecule has 4 nitrogen and oxygen atoms in total. The van der Waals surface area contributed by atoms with Gasteiger partial charge in [0.1, 0.15) is 5.75 Å². The smallest absolute Gasteiger partial charge is 0.123 e. The highest BCUT2D eigenvalue weighted by atomic mass is 16.5. The van der Waals surface area contributed by atoms with E-state index < -0.39 is 0 Å². The van der Waals surface area contributed by atoms with E-state index in [9.17, 15) is 0 Å². The molecule has 0 unspecified atom stereocenters. The van der Waals surface area contributed by atoms with Crippen molar-refractivity contribution in [1.29, 1.82) is 0 Å². The maximum absolute atomic E-state index is 5.93. The van der Waals surface area contributed by atoms with Crippen molar-refractivity contribution in [2.24, 2.45) is 0 Å². The molecule has 1 aromatic heterocycles. The quantitative estimate of drug-likeness (QED) is 0.710. The molecule has 0 fully saturated rings. The molecular weight excluding hydrogens is 262 g/mol. The minimum atomic E-state index is 0.614. The van der Waals surface area contributed by atoms with Crippen molar-refractivity contribution in [2.75, 3.05) is 17.7 Å². The van der Waals surface area contributed by atoms with Crippen molar-refractivity contribution >= 4 is 27.8 Å². The molecule has 0 bridgehead atoms. The zero-order valence-electron chi connectivity index (χ0n) is 11.8. The predicted octanol–water partition coefficient (Wildman–Crippen LogP) is 3.96. The molecule has 3 rings (SSSR count). The van der Waals surface area contributed by atoms with Gasteiger partial charge in [-0.15, -0.1) is 0 Å². The third-order valence-electron chi connectivity index (χ3n) is 3.20. The molecule has 0 atom stereocenters. The summed E-state index contributed by atoms with van der Waals surface area (Å²) in [4.78, 5) is 4.15. The van der Waals surface area contributed by atoms with Gasteiger partial charge in [-0.2, -0.15) is 0 Å². The second kappa shape index (κ2) is 5.71. The summed E-state index contributed by atoms with van der Waals surface area (Å²) in [5.74, 6) is 0.766. The van der Waals surface area contributed by atoms with Crippen LogP contribution in [0.15, 0.2) is 54.9 Å². The van der Waals surface area contributed by atoms with Gasteiger partial charge in [-0.05, 0) is 25.1 Å². The number of aromatic nitrogens is 1. The van der Waals surface area contributed by atoms with Crippen LogP contribution in [0.3, 0.4) is 0 Å². The summed E-state index contributed by atoms with van der Waals surface area (Å²) >= 11 is 0. The molecule has 0 saturated heterocycles. The topological polar surface area (TPSA) is 60.2 Å². The van der Waals surface area contributed by atoms with E-state index in [0.717, 1.165) is 27.9 Å². The molecule has 106 valence electrons. The van der Waals surface area contributed by atoms with E-state index in [1.165, 1.54) is 0 Å². The highest BCUT2D eigenvalue weighted by Crippen LogP contribution is 2.29. The van der Waals surface area contributed by atoms with E-state index in [2.05, 4.69) is 10.3 Å². The second-order valence-electron chi connectivity index (χ2n) is 4.75. The van der Waals surface area contributed by atoms with Crippen molar-refractivity contribution < 1.29 is 4.74 Å². The average Bonchev–Trinajstić information content (AvgIpc) is 2.47. The third-order valence-corrected chi connectivity index (χ3v) is 3.20. The number of hydrogen-bond acceptors (Lipinski definition) is 4. The number of ether oxygens (including phenoxy) is 1. The zero-order valence-corrected chi connectivity index (χ0v) is 11.8. The lowest BCUT2D eigenvalue weighted by atomic mass is 10.1. The van der Waals surface area contributed by atoms with Crippen LogP contribution in [-0.2, 0) is 0 Å². The van der Waals surface area contributed by atoms with Crippen LogP contribution in [-0.4, -0.2) is 11.6 Å². The molecule has 0 aliphatic heterocycles. The lowest BCUT2D eigenvalue weighted by Gasteiger charge is -2.12. The first-order valence-electron chi connectivity index (χ1n) is 6.89. The first kappa shape index (κ1) is 13.2. The summed E-state index contributed by atoms with van der Waals surface area (Å²) < 4.78 is 5.52. The predicted molar refractivity (Wildman–Crippen MR) is 87.0 cm³/mol. The number of nitrogens with zero attached hydrogens (tertiary/aromatic N) is 1. The van der Waals surface area contributed by atoms with Gasteiger partial charge < -0.3 is 15.8 Å². The molecule has 0 radical (unpaired) electrons. The van der Waals surface area contributed by atoms with Crippen molar-refractivity contribution in [3.05, 3.63) is 54.9 Å². The number of pyridine rings is 1. The van der Waals surface area contributed by atoms with Crippen LogP contribution >= 0.6 is 0 Å². The van der Waals surface area contributed by atoms with E-state index in [4.69, 9.17) is 10.5 Å². The Bertz CT molecular complexity index is 766. The van der Waals surface area contributed by atoms with Gasteiger partial charge in [0, 0.05) is 52.4 Å². The number of benzene rings is 2. The number of hydrogen-bond donors (Lipinski definition) is 2.